The molecule has 0 saturated heterocycles. The van der Waals surface area contributed by atoms with Gasteiger partial charge in [0.25, 0.3) is 0 Å². The summed E-state index contributed by atoms with van der Waals surface area (Å²) >= 11 is 0. The molecule has 0 aliphatic heterocycles. The summed E-state index contributed by atoms with van der Waals surface area (Å²) in [6, 6.07) is 10.6. The molecular formula is C20H21N3O. The van der Waals surface area contributed by atoms with Crippen molar-refractivity contribution in [2.24, 2.45) is 5.73 Å². The highest BCUT2D eigenvalue weighted by molar-refractivity contribution is 5.99. The maximum Gasteiger partial charge on any atom is 0.128 e. The SMILES string of the molecule is NC1CCC(Oc2ccc3cnccc3c2-c2ccncc2)CC1. The fourth-order valence-corrected chi connectivity index (χ4v) is 3.45. The number of hydrogen-bond acceptors (Lipinski definition) is 4. The summed E-state index contributed by atoms with van der Waals surface area (Å²) < 4.78 is 6.40. The Morgan fingerprint density at radius 3 is 2.42 bits per heavy atom. The lowest BCUT2D eigenvalue weighted by atomic mass is 9.93. The number of ether oxygens (including phenoxy) is 1. The molecule has 4 heteroatoms. The highest BCUT2D eigenvalue weighted by Crippen LogP contribution is 2.38. The largest absolute Gasteiger partial charge is 0.490 e. The number of aromatic nitrogens is 2. The lowest BCUT2D eigenvalue weighted by Gasteiger charge is -2.28. The highest BCUT2D eigenvalue weighted by atomic mass is 16.5. The van der Waals surface area contributed by atoms with E-state index in [0.717, 1.165) is 53.3 Å². The van der Waals surface area contributed by atoms with Gasteiger partial charge in [-0.3, -0.25) is 9.97 Å². The maximum absolute atomic E-state index is 6.40. The molecule has 4 rings (SSSR count). The quantitative estimate of drug-likeness (QED) is 0.794. The van der Waals surface area contributed by atoms with E-state index in [9.17, 15) is 0 Å². The Labute approximate surface area is 141 Å². The molecule has 4 nitrogen and oxygen atoms in total. The van der Waals surface area contributed by atoms with Gasteiger partial charge in [-0.2, -0.15) is 0 Å². The fraction of sp³-hybridized carbons (Fsp3) is 0.300. The zero-order valence-corrected chi connectivity index (χ0v) is 13.6. The van der Waals surface area contributed by atoms with Crippen LogP contribution in [0.25, 0.3) is 21.9 Å². The summed E-state index contributed by atoms with van der Waals surface area (Å²) in [5.74, 6) is 0.931. The van der Waals surface area contributed by atoms with Gasteiger partial charge < -0.3 is 10.5 Å². The van der Waals surface area contributed by atoms with Crippen molar-refractivity contribution in [3.05, 3.63) is 55.1 Å². The average Bonchev–Trinajstić information content (AvgIpc) is 2.64. The zero-order valence-electron chi connectivity index (χ0n) is 13.6. The second-order valence-electron chi connectivity index (χ2n) is 6.43. The summed E-state index contributed by atoms with van der Waals surface area (Å²) in [4.78, 5) is 8.37. The van der Waals surface area contributed by atoms with E-state index >= 15 is 0 Å². The van der Waals surface area contributed by atoms with E-state index in [2.05, 4.69) is 28.2 Å². The minimum atomic E-state index is 0.240. The molecular weight excluding hydrogens is 298 g/mol. The van der Waals surface area contributed by atoms with Crippen LogP contribution in [0.15, 0.2) is 55.1 Å². The van der Waals surface area contributed by atoms with E-state index in [1.807, 2.05) is 36.9 Å². The van der Waals surface area contributed by atoms with Gasteiger partial charge in [-0.1, -0.05) is 0 Å². The minimum Gasteiger partial charge on any atom is -0.490 e. The molecule has 122 valence electrons. The zero-order chi connectivity index (χ0) is 16.4. The van der Waals surface area contributed by atoms with E-state index in [-0.39, 0.29) is 6.10 Å². The van der Waals surface area contributed by atoms with Gasteiger partial charge in [0.05, 0.1) is 6.10 Å². The molecule has 2 heterocycles. The summed E-state index contributed by atoms with van der Waals surface area (Å²) in [5.41, 5.74) is 8.25. The van der Waals surface area contributed by atoms with Crippen molar-refractivity contribution in [1.82, 2.24) is 9.97 Å². The summed E-state index contributed by atoms with van der Waals surface area (Å²) in [5, 5.41) is 2.27. The number of benzene rings is 1. The molecule has 0 radical (unpaired) electrons. The number of pyridine rings is 2. The topological polar surface area (TPSA) is 61.0 Å². The summed E-state index contributed by atoms with van der Waals surface area (Å²) in [6.45, 7) is 0. The van der Waals surface area contributed by atoms with Crippen LogP contribution < -0.4 is 10.5 Å². The Kier molecular flexibility index (Phi) is 4.13. The Morgan fingerprint density at radius 1 is 0.875 bits per heavy atom. The standard InChI is InChI=1S/C20H21N3O/c21-16-2-4-17(5-3-16)24-19-6-1-15-13-23-12-9-18(15)20(19)14-7-10-22-11-8-14/h1,6-13,16-17H,2-5,21H2. The summed E-state index contributed by atoms with van der Waals surface area (Å²) in [7, 11) is 0. The molecule has 0 unspecified atom stereocenters. The number of hydrogen-bond donors (Lipinski definition) is 1. The van der Waals surface area contributed by atoms with Gasteiger partial charge in [0, 0.05) is 41.8 Å². The lowest BCUT2D eigenvalue weighted by molar-refractivity contribution is 0.148. The van der Waals surface area contributed by atoms with Gasteiger partial charge in [0.15, 0.2) is 0 Å². The van der Waals surface area contributed by atoms with E-state index < -0.39 is 0 Å². The molecule has 2 aromatic heterocycles. The normalized spacial score (nSPS) is 20.9. The van der Waals surface area contributed by atoms with Gasteiger partial charge in [-0.15, -0.1) is 0 Å². The van der Waals surface area contributed by atoms with Crippen molar-refractivity contribution in [1.29, 1.82) is 0 Å². The molecule has 2 N–H and O–H groups in total. The van der Waals surface area contributed by atoms with Crippen molar-refractivity contribution in [2.75, 3.05) is 0 Å². The molecule has 0 spiro atoms. The van der Waals surface area contributed by atoms with Gasteiger partial charge in [0.2, 0.25) is 0 Å². The van der Waals surface area contributed by atoms with Crippen LogP contribution in [-0.4, -0.2) is 22.1 Å². The second kappa shape index (κ2) is 6.57. The highest BCUT2D eigenvalue weighted by Gasteiger charge is 2.21. The third-order valence-electron chi connectivity index (χ3n) is 4.76. The van der Waals surface area contributed by atoms with Crippen LogP contribution in [0.2, 0.25) is 0 Å². The third-order valence-corrected chi connectivity index (χ3v) is 4.76. The van der Waals surface area contributed by atoms with Crippen molar-refractivity contribution in [2.45, 2.75) is 37.8 Å². The second-order valence-corrected chi connectivity index (χ2v) is 6.43. The first kappa shape index (κ1) is 15.1. The first-order valence-electron chi connectivity index (χ1n) is 8.50. The Morgan fingerprint density at radius 2 is 1.62 bits per heavy atom. The van der Waals surface area contributed by atoms with Crippen LogP contribution in [0.4, 0.5) is 0 Å². The molecule has 1 aromatic carbocycles. The molecule has 3 aromatic rings. The number of nitrogens with zero attached hydrogens (tertiary/aromatic N) is 2. The van der Waals surface area contributed by atoms with Crippen LogP contribution >= 0.6 is 0 Å². The molecule has 24 heavy (non-hydrogen) atoms. The predicted molar refractivity (Wildman–Crippen MR) is 95.8 cm³/mol. The fourth-order valence-electron chi connectivity index (χ4n) is 3.45. The van der Waals surface area contributed by atoms with Crippen molar-refractivity contribution >= 4 is 10.8 Å². The van der Waals surface area contributed by atoms with E-state index in [0.29, 0.717) is 6.04 Å². The predicted octanol–water partition coefficient (Wildman–Crippen LogP) is 3.95. The first-order valence-corrected chi connectivity index (χ1v) is 8.50. The van der Waals surface area contributed by atoms with Crippen LogP contribution in [0.3, 0.4) is 0 Å². The monoisotopic (exact) mass is 319 g/mol. The van der Waals surface area contributed by atoms with Crippen LogP contribution in [-0.2, 0) is 0 Å². The number of rotatable bonds is 3. The summed E-state index contributed by atoms with van der Waals surface area (Å²) in [6.07, 6.45) is 11.7. The molecule has 1 aliphatic carbocycles. The van der Waals surface area contributed by atoms with E-state index in [1.165, 1.54) is 0 Å². The number of nitrogens with two attached hydrogens (primary N) is 1. The molecule has 0 amide bonds. The van der Waals surface area contributed by atoms with Crippen LogP contribution in [0.5, 0.6) is 5.75 Å². The molecule has 0 atom stereocenters. The Hall–Kier alpha value is -2.46. The van der Waals surface area contributed by atoms with E-state index in [4.69, 9.17) is 10.5 Å². The number of fused-ring (bicyclic) bond motifs is 1. The van der Waals surface area contributed by atoms with Crippen LogP contribution in [0.1, 0.15) is 25.7 Å². The van der Waals surface area contributed by atoms with Crippen molar-refractivity contribution in [3.63, 3.8) is 0 Å². The maximum atomic E-state index is 6.40. The minimum absolute atomic E-state index is 0.240. The van der Waals surface area contributed by atoms with Gasteiger partial charge in [0.1, 0.15) is 5.75 Å². The van der Waals surface area contributed by atoms with Crippen molar-refractivity contribution in [3.8, 4) is 16.9 Å². The molecule has 1 saturated carbocycles. The Balaban J connectivity index is 1.77. The van der Waals surface area contributed by atoms with E-state index in [1.54, 1.807) is 0 Å². The lowest BCUT2D eigenvalue weighted by Crippen LogP contribution is -2.31. The third kappa shape index (κ3) is 2.97. The Bertz CT molecular complexity index is 827. The van der Waals surface area contributed by atoms with Crippen LogP contribution in [0, 0.1) is 0 Å². The average molecular weight is 319 g/mol. The van der Waals surface area contributed by atoms with Gasteiger partial charge >= 0.3 is 0 Å². The van der Waals surface area contributed by atoms with Gasteiger partial charge in [-0.05, 0) is 67.0 Å². The molecule has 1 fully saturated rings. The molecule has 0 bridgehead atoms. The smallest absolute Gasteiger partial charge is 0.128 e. The molecule has 1 aliphatic rings. The first-order chi connectivity index (χ1) is 11.8. The van der Waals surface area contributed by atoms with Crippen molar-refractivity contribution < 1.29 is 4.74 Å². The van der Waals surface area contributed by atoms with Gasteiger partial charge in [-0.25, -0.2) is 0 Å².